The largest absolute Gasteiger partial charge is 0.494 e. The molecule has 0 fully saturated rings. The molecule has 6 nitrogen and oxygen atoms in total. The first kappa shape index (κ1) is 21.2. The number of ether oxygens (including phenoxy) is 1. The van der Waals surface area contributed by atoms with Crippen LogP contribution in [0.3, 0.4) is 0 Å². The fraction of sp³-hybridized carbons (Fsp3) is 0.250. The molecule has 2 aromatic carbocycles. The quantitative estimate of drug-likeness (QED) is 0.530. The molecule has 2 amide bonds. The summed E-state index contributed by atoms with van der Waals surface area (Å²) < 4.78 is 11.0. The Bertz CT molecular complexity index is 980. The number of hydrogen-bond acceptors (Lipinski definition) is 4. The Labute approximate surface area is 176 Å². The maximum Gasteiger partial charge on any atom is 0.255 e. The van der Waals surface area contributed by atoms with E-state index in [0.29, 0.717) is 40.8 Å². The normalized spacial score (nSPS) is 10.6. The molecular formula is C24H26N2O4. The average molecular weight is 406 g/mol. The number of para-hydroxylation sites is 1. The zero-order valence-electron chi connectivity index (χ0n) is 17.2. The lowest BCUT2D eigenvalue weighted by Gasteiger charge is -2.12. The van der Waals surface area contributed by atoms with Crippen molar-refractivity contribution < 1.29 is 18.7 Å². The van der Waals surface area contributed by atoms with Crippen molar-refractivity contribution in [2.75, 3.05) is 11.9 Å². The topological polar surface area (TPSA) is 80.6 Å². The molecule has 0 saturated carbocycles. The second kappa shape index (κ2) is 10.3. The fourth-order valence-electron chi connectivity index (χ4n) is 2.80. The van der Waals surface area contributed by atoms with E-state index in [4.69, 9.17) is 9.15 Å². The van der Waals surface area contributed by atoms with Gasteiger partial charge in [-0.05, 0) is 54.8 Å². The molecule has 1 heterocycles. The van der Waals surface area contributed by atoms with E-state index in [1.165, 1.54) is 0 Å². The van der Waals surface area contributed by atoms with Crippen molar-refractivity contribution >= 4 is 17.5 Å². The Balaban J connectivity index is 1.66. The maximum atomic E-state index is 12.8. The third kappa shape index (κ3) is 5.98. The number of carbonyl (C=O) groups is 2. The number of rotatable bonds is 9. The summed E-state index contributed by atoms with van der Waals surface area (Å²) in [5.41, 5.74) is 1.27. The predicted octanol–water partition coefficient (Wildman–Crippen LogP) is 4.89. The van der Waals surface area contributed by atoms with E-state index >= 15 is 0 Å². The van der Waals surface area contributed by atoms with Crippen LogP contribution in [0.25, 0.3) is 0 Å². The minimum Gasteiger partial charge on any atom is -0.494 e. The molecule has 156 valence electrons. The zero-order chi connectivity index (χ0) is 21.3. The summed E-state index contributed by atoms with van der Waals surface area (Å²) >= 11 is 0. The van der Waals surface area contributed by atoms with Crippen LogP contribution in [0.15, 0.2) is 71.3 Å². The smallest absolute Gasteiger partial charge is 0.255 e. The van der Waals surface area contributed by atoms with E-state index in [2.05, 4.69) is 24.5 Å². The molecule has 0 saturated heterocycles. The summed E-state index contributed by atoms with van der Waals surface area (Å²) in [6.45, 7) is 5.14. The first-order valence-electron chi connectivity index (χ1n) is 9.96. The molecule has 0 radical (unpaired) electrons. The highest BCUT2D eigenvalue weighted by atomic mass is 16.5. The van der Waals surface area contributed by atoms with Crippen LogP contribution in [0, 0.1) is 5.92 Å². The SMILES string of the molecule is CC(C)CCOc1cccc(C(=O)Nc2ccccc2C(=O)NCc2ccco2)c1. The monoisotopic (exact) mass is 406 g/mol. The summed E-state index contributed by atoms with van der Waals surface area (Å²) in [5.74, 6) is 1.24. The third-order valence-electron chi connectivity index (χ3n) is 4.48. The average Bonchev–Trinajstić information content (AvgIpc) is 3.26. The van der Waals surface area contributed by atoms with E-state index in [1.807, 2.05) is 6.07 Å². The van der Waals surface area contributed by atoms with Gasteiger partial charge in [0.05, 0.1) is 30.7 Å². The van der Waals surface area contributed by atoms with E-state index in [-0.39, 0.29) is 18.4 Å². The Morgan fingerprint density at radius 1 is 1.00 bits per heavy atom. The number of amides is 2. The van der Waals surface area contributed by atoms with Crippen molar-refractivity contribution in [3.8, 4) is 5.75 Å². The third-order valence-corrected chi connectivity index (χ3v) is 4.48. The van der Waals surface area contributed by atoms with Crippen LogP contribution in [0.2, 0.25) is 0 Å². The molecule has 0 unspecified atom stereocenters. The number of carbonyl (C=O) groups excluding carboxylic acids is 2. The zero-order valence-corrected chi connectivity index (χ0v) is 17.2. The van der Waals surface area contributed by atoms with Gasteiger partial charge in [0, 0.05) is 5.56 Å². The van der Waals surface area contributed by atoms with Gasteiger partial charge in [0.1, 0.15) is 11.5 Å². The van der Waals surface area contributed by atoms with E-state index in [0.717, 1.165) is 6.42 Å². The molecule has 0 spiro atoms. The fourth-order valence-corrected chi connectivity index (χ4v) is 2.80. The van der Waals surface area contributed by atoms with Crippen LogP contribution < -0.4 is 15.4 Å². The minimum absolute atomic E-state index is 0.268. The number of anilines is 1. The summed E-state index contributed by atoms with van der Waals surface area (Å²) in [7, 11) is 0. The van der Waals surface area contributed by atoms with Crippen molar-refractivity contribution in [2.45, 2.75) is 26.8 Å². The van der Waals surface area contributed by atoms with Gasteiger partial charge in [-0.15, -0.1) is 0 Å². The van der Waals surface area contributed by atoms with Gasteiger partial charge < -0.3 is 19.8 Å². The lowest BCUT2D eigenvalue weighted by molar-refractivity contribution is 0.0949. The van der Waals surface area contributed by atoms with Crippen molar-refractivity contribution in [2.24, 2.45) is 5.92 Å². The van der Waals surface area contributed by atoms with Crippen LogP contribution >= 0.6 is 0 Å². The number of nitrogens with one attached hydrogen (secondary N) is 2. The number of hydrogen-bond donors (Lipinski definition) is 2. The lowest BCUT2D eigenvalue weighted by atomic mass is 10.1. The standard InChI is InChI=1S/C24H26N2O4/c1-17(2)12-14-30-19-8-5-7-18(15-19)23(27)26-22-11-4-3-10-21(22)24(28)25-16-20-9-6-13-29-20/h3-11,13,15,17H,12,14,16H2,1-2H3,(H,25,28)(H,26,27). The van der Waals surface area contributed by atoms with Crippen LogP contribution in [0.4, 0.5) is 5.69 Å². The molecular weight excluding hydrogens is 380 g/mol. The molecule has 3 rings (SSSR count). The van der Waals surface area contributed by atoms with Gasteiger partial charge in [0.2, 0.25) is 0 Å². The predicted molar refractivity (Wildman–Crippen MR) is 116 cm³/mol. The van der Waals surface area contributed by atoms with Crippen LogP contribution in [0.5, 0.6) is 5.75 Å². The summed E-state index contributed by atoms with van der Waals surface area (Å²) in [4.78, 5) is 25.3. The van der Waals surface area contributed by atoms with Gasteiger partial charge in [0.15, 0.2) is 0 Å². The highest BCUT2D eigenvalue weighted by molar-refractivity contribution is 6.09. The highest BCUT2D eigenvalue weighted by Gasteiger charge is 2.15. The van der Waals surface area contributed by atoms with Gasteiger partial charge in [-0.25, -0.2) is 0 Å². The summed E-state index contributed by atoms with van der Waals surface area (Å²) in [5, 5.41) is 5.62. The first-order chi connectivity index (χ1) is 14.5. The summed E-state index contributed by atoms with van der Waals surface area (Å²) in [6.07, 6.45) is 2.49. The molecule has 0 aliphatic heterocycles. The molecule has 30 heavy (non-hydrogen) atoms. The molecule has 1 aromatic heterocycles. The van der Waals surface area contributed by atoms with Crippen LogP contribution in [0.1, 0.15) is 46.7 Å². The van der Waals surface area contributed by atoms with Crippen LogP contribution in [-0.4, -0.2) is 18.4 Å². The molecule has 0 atom stereocenters. The van der Waals surface area contributed by atoms with Crippen molar-refractivity contribution in [3.63, 3.8) is 0 Å². The Kier molecular flexibility index (Phi) is 7.27. The lowest BCUT2D eigenvalue weighted by Crippen LogP contribution is -2.24. The molecule has 3 aromatic rings. The van der Waals surface area contributed by atoms with Gasteiger partial charge in [-0.3, -0.25) is 9.59 Å². The van der Waals surface area contributed by atoms with E-state index in [1.54, 1.807) is 60.9 Å². The Morgan fingerprint density at radius 2 is 1.83 bits per heavy atom. The van der Waals surface area contributed by atoms with Crippen LogP contribution in [-0.2, 0) is 6.54 Å². The van der Waals surface area contributed by atoms with Gasteiger partial charge in [-0.2, -0.15) is 0 Å². The van der Waals surface area contributed by atoms with Crippen molar-refractivity contribution in [1.29, 1.82) is 0 Å². The second-order valence-corrected chi connectivity index (χ2v) is 7.32. The van der Waals surface area contributed by atoms with Crippen molar-refractivity contribution in [1.82, 2.24) is 5.32 Å². The Hall–Kier alpha value is -3.54. The minimum atomic E-state index is -0.310. The first-order valence-corrected chi connectivity index (χ1v) is 9.96. The molecule has 6 heteroatoms. The van der Waals surface area contributed by atoms with Gasteiger partial charge >= 0.3 is 0 Å². The van der Waals surface area contributed by atoms with Gasteiger partial charge in [-0.1, -0.05) is 32.0 Å². The number of furan rings is 1. The molecule has 0 bridgehead atoms. The van der Waals surface area contributed by atoms with E-state index in [9.17, 15) is 9.59 Å². The van der Waals surface area contributed by atoms with Gasteiger partial charge in [0.25, 0.3) is 11.8 Å². The maximum absolute atomic E-state index is 12.8. The molecule has 2 N–H and O–H groups in total. The molecule has 0 aliphatic rings. The highest BCUT2D eigenvalue weighted by Crippen LogP contribution is 2.19. The summed E-state index contributed by atoms with van der Waals surface area (Å²) in [6, 6.07) is 17.4. The number of benzene rings is 2. The molecule has 0 aliphatic carbocycles. The second-order valence-electron chi connectivity index (χ2n) is 7.32. The Morgan fingerprint density at radius 3 is 2.60 bits per heavy atom. The van der Waals surface area contributed by atoms with Crippen molar-refractivity contribution in [3.05, 3.63) is 83.8 Å². The van der Waals surface area contributed by atoms with E-state index < -0.39 is 0 Å².